The van der Waals surface area contributed by atoms with Gasteiger partial charge in [-0.25, -0.2) is 0 Å². The molecule has 0 aromatic heterocycles. The molecule has 0 aliphatic heterocycles. The van der Waals surface area contributed by atoms with Crippen LogP contribution in [-0.4, -0.2) is 21.5 Å². The Balaban J connectivity index is 2.59. The van der Waals surface area contributed by atoms with Crippen LogP contribution in [0.3, 0.4) is 0 Å². The third-order valence-corrected chi connectivity index (χ3v) is 2.69. The zero-order valence-electron chi connectivity index (χ0n) is 9.14. The van der Waals surface area contributed by atoms with E-state index in [2.05, 4.69) is 11.6 Å². The number of rotatable bonds is 5. The summed E-state index contributed by atoms with van der Waals surface area (Å²) in [6.07, 6.45) is -1.48. The van der Waals surface area contributed by atoms with Gasteiger partial charge in [0.2, 0.25) is 0 Å². The molecule has 0 fully saturated rings. The Morgan fingerprint density at radius 2 is 1.72 bits per heavy atom. The molecule has 2 nitrogen and oxygen atoms in total. The van der Waals surface area contributed by atoms with E-state index in [1.165, 1.54) is 18.2 Å². The molecule has 1 rings (SSSR count). The van der Waals surface area contributed by atoms with Gasteiger partial charge in [-0.3, -0.25) is 0 Å². The first-order chi connectivity index (χ1) is 8.13. The van der Waals surface area contributed by atoms with Crippen molar-refractivity contribution in [1.29, 1.82) is 0 Å². The smallest absolute Gasteiger partial charge is 0.384 e. The fourth-order valence-electron chi connectivity index (χ4n) is 1.41. The Kier molecular flexibility index (Phi) is 4.32. The van der Waals surface area contributed by atoms with Gasteiger partial charge in [0.1, 0.15) is 11.5 Å². The molecule has 0 amide bonds. The number of aryl methyl sites for hydroxylation is 1. The van der Waals surface area contributed by atoms with E-state index in [9.17, 15) is 22.7 Å². The second-order valence-corrected chi connectivity index (χ2v) is 4.34. The molecule has 18 heavy (non-hydrogen) atoms. The van der Waals surface area contributed by atoms with Crippen LogP contribution in [0, 0.1) is 0 Å². The second kappa shape index (κ2) is 5.22. The highest BCUT2D eigenvalue weighted by Gasteiger charge is 2.54. The predicted molar refractivity (Wildman–Crippen MR) is 58.5 cm³/mol. The third-order valence-electron chi connectivity index (χ3n) is 2.41. The standard InChI is InChI=1S/C11H11ClF4O2/c12-11(15,16)10(13,14)5-1-2-7-6-8(17)3-4-9(7)18/h3-4,6,17-18H,1-2,5H2. The Bertz CT molecular complexity index is 418. The summed E-state index contributed by atoms with van der Waals surface area (Å²) in [5.74, 6) is -4.63. The fraction of sp³-hybridized carbons (Fsp3) is 0.455. The summed E-state index contributed by atoms with van der Waals surface area (Å²) in [5.41, 5.74) is 0.212. The minimum Gasteiger partial charge on any atom is -0.508 e. The van der Waals surface area contributed by atoms with Crippen LogP contribution in [0.5, 0.6) is 11.5 Å². The molecule has 0 spiro atoms. The van der Waals surface area contributed by atoms with Gasteiger partial charge in [0.15, 0.2) is 0 Å². The molecule has 1 aromatic carbocycles. The molecule has 2 N–H and O–H groups in total. The summed E-state index contributed by atoms with van der Waals surface area (Å²) in [5, 5.41) is 13.9. The van der Waals surface area contributed by atoms with Crippen molar-refractivity contribution in [3.63, 3.8) is 0 Å². The number of phenols is 2. The molecule has 0 saturated heterocycles. The lowest BCUT2D eigenvalue weighted by molar-refractivity contribution is -0.161. The molecule has 1 aromatic rings. The molecule has 0 aliphatic carbocycles. The number of hydrogen-bond donors (Lipinski definition) is 2. The summed E-state index contributed by atoms with van der Waals surface area (Å²) in [4.78, 5) is 0. The molecular formula is C11H11ClF4O2. The van der Waals surface area contributed by atoms with Gasteiger partial charge in [-0.15, -0.1) is 0 Å². The maximum absolute atomic E-state index is 12.8. The highest BCUT2D eigenvalue weighted by molar-refractivity contribution is 6.22. The zero-order valence-corrected chi connectivity index (χ0v) is 9.89. The molecule has 0 unspecified atom stereocenters. The van der Waals surface area contributed by atoms with Crippen molar-refractivity contribution in [2.75, 3.05) is 0 Å². The Hall–Kier alpha value is -1.17. The van der Waals surface area contributed by atoms with Crippen LogP contribution >= 0.6 is 11.6 Å². The largest absolute Gasteiger partial charge is 0.508 e. The van der Waals surface area contributed by atoms with Crippen LogP contribution in [0.15, 0.2) is 18.2 Å². The van der Waals surface area contributed by atoms with E-state index in [0.717, 1.165) is 0 Å². The van der Waals surface area contributed by atoms with E-state index in [4.69, 9.17) is 5.11 Å². The Morgan fingerprint density at radius 1 is 1.11 bits per heavy atom. The number of phenolic OH excluding ortho intramolecular Hbond substituents is 2. The van der Waals surface area contributed by atoms with Gasteiger partial charge in [-0.2, -0.15) is 17.6 Å². The molecule has 0 saturated carbocycles. The molecule has 0 heterocycles. The Labute approximate surface area is 106 Å². The SMILES string of the molecule is Oc1ccc(O)c(CCCC(F)(F)C(F)(F)Cl)c1. The summed E-state index contributed by atoms with van der Waals surface area (Å²) in [6, 6.07) is 3.60. The number of aromatic hydroxyl groups is 2. The minimum absolute atomic E-state index is 0.0667. The van der Waals surface area contributed by atoms with Crippen molar-refractivity contribution in [3.05, 3.63) is 23.8 Å². The minimum atomic E-state index is -4.59. The van der Waals surface area contributed by atoms with E-state index in [1.807, 2.05) is 0 Å². The lowest BCUT2D eigenvalue weighted by Gasteiger charge is -2.20. The van der Waals surface area contributed by atoms with Gasteiger partial charge >= 0.3 is 11.3 Å². The first-order valence-electron chi connectivity index (χ1n) is 5.09. The van der Waals surface area contributed by atoms with Crippen molar-refractivity contribution >= 4 is 11.6 Å². The highest BCUT2D eigenvalue weighted by Crippen LogP contribution is 2.41. The van der Waals surface area contributed by atoms with Crippen LogP contribution < -0.4 is 0 Å². The van der Waals surface area contributed by atoms with Gasteiger partial charge in [0, 0.05) is 6.42 Å². The topological polar surface area (TPSA) is 40.5 Å². The van der Waals surface area contributed by atoms with Gasteiger partial charge in [-0.1, -0.05) is 0 Å². The number of alkyl halides is 5. The van der Waals surface area contributed by atoms with E-state index in [-0.39, 0.29) is 29.9 Å². The number of halogens is 5. The predicted octanol–water partition coefficient (Wildman–Crippen LogP) is 3.89. The first kappa shape index (κ1) is 14.9. The average Bonchev–Trinajstić information content (AvgIpc) is 2.21. The zero-order chi connectivity index (χ0) is 14.0. The lowest BCUT2D eigenvalue weighted by atomic mass is 10.0. The maximum atomic E-state index is 12.8. The van der Waals surface area contributed by atoms with Crippen molar-refractivity contribution in [3.8, 4) is 11.5 Å². The van der Waals surface area contributed by atoms with Gasteiger partial charge in [0.05, 0.1) is 0 Å². The van der Waals surface area contributed by atoms with Crippen LogP contribution in [0.25, 0.3) is 0 Å². The van der Waals surface area contributed by atoms with Crippen molar-refractivity contribution in [1.82, 2.24) is 0 Å². The quantitative estimate of drug-likeness (QED) is 0.490. The summed E-state index contributed by atoms with van der Waals surface area (Å²) < 4.78 is 50.2. The first-order valence-corrected chi connectivity index (χ1v) is 5.47. The fourth-order valence-corrected chi connectivity index (χ4v) is 1.51. The Morgan fingerprint density at radius 3 is 2.28 bits per heavy atom. The third kappa shape index (κ3) is 3.66. The summed E-state index contributed by atoms with van der Waals surface area (Å²) in [6.45, 7) is 0. The highest BCUT2D eigenvalue weighted by atomic mass is 35.5. The molecule has 102 valence electrons. The van der Waals surface area contributed by atoms with Crippen LogP contribution in [-0.2, 0) is 6.42 Å². The van der Waals surface area contributed by atoms with Crippen LogP contribution in [0.4, 0.5) is 17.6 Å². The van der Waals surface area contributed by atoms with E-state index < -0.39 is 17.7 Å². The molecule has 7 heteroatoms. The summed E-state index contributed by atoms with van der Waals surface area (Å²) >= 11 is 4.29. The molecule has 0 atom stereocenters. The normalized spacial score (nSPS) is 12.7. The second-order valence-electron chi connectivity index (χ2n) is 3.87. The monoisotopic (exact) mass is 286 g/mol. The van der Waals surface area contributed by atoms with E-state index >= 15 is 0 Å². The van der Waals surface area contributed by atoms with Gasteiger partial charge < -0.3 is 10.2 Å². The average molecular weight is 287 g/mol. The molecule has 0 aliphatic rings. The lowest BCUT2D eigenvalue weighted by Crippen LogP contribution is -2.35. The van der Waals surface area contributed by atoms with E-state index in [1.54, 1.807) is 0 Å². The van der Waals surface area contributed by atoms with Crippen molar-refractivity contribution in [2.24, 2.45) is 0 Å². The number of hydrogen-bond acceptors (Lipinski definition) is 2. The van der Waals surface area contributed by atoms with Gasteiger partial charge in [0.25, 0.3) is 0 Å². The van der Waals surface area contributed by atoms with E-state index in [0.29, 0.717) is 0 Å². The molecule has 0 bridgehead atoms. The van der Waals surface area contributed by atoms with Gasteiger partial charge in [-0.05, 0) is 48.2 Å². The van der Waals surface area contributed by atoms with Crippen LogP contribution in [0.2, 0.25) is 0 Å². The van der Waals surface area contributed by atoms with Crippen molar-refractivity contribution < 1.29 is 27.8 Å². The van der Waals surface area contributed by atoms with Crippen molar-refractivity contribution in [2.45, 2.75) is 30.6 Å². The summed E-state index contributed by atoms with van der Waals surface area (Å²) in [7, 11) is 0. The molecule has 0 radical (unpaired) electrons. The maximum Gasteiger partial charge on any atom is 0.384 e. The molecular weight excluding hydrogens is 276 g/mol. The van der Waals surface area contributed by atoms with Crippen LogP contribution in [0.1, 0.15) is 18.4 Å². The number of benzene rings is 1.